The molecule has 0 atom stereocenters. The minimum Gasteiger partial charge on any atom is -0.571 e. The van der Waals surface area contributed by atoms with Gasteiger partial charge in [-0.15, -0.1) is 0 Å². The molecule has 0 N–H and O–H groups in total. The maximum Gasteiger partial charge on any atom is 1.00 e. The summed E-state index contributed by atoms with van der Waals surface area (Å²) in [4.78, 5) is 0. The Hall–Kier alpha value is -1.56. The Bertz CT molecular complexity index is 2100. The van der Waals surface area contributed by atoms with Crippen LogP contribution in [0.15, 0.2) is 36.4 Å². The van der Waals surface area contributed by atoms with Crippen LogP contribution in [0.2, 0.25) is 0 Å². The van der Waals surface area contributed by atoms with E-state index < -0.39 is 104 Å². The van der Waals surface area contributed by atoms with Crippen molar-refractivity contribution in [2.24, 2.45) is 0 Å². The Balaban J connectivity index is -0.000000214. The van der Waals surface area contributed by atoms with Crippen molar-refractivity contribution in [3.8, 4) is 0 Å². The molecule has 6 heterocycles. The SMILES string of the molecule is CC(C)(C)c1cc(C(F)(F)F)[n-]n1.CC(C)(C)c1cc(C(F)(F)F)[n-]n1.CC(C)(C)c1cc(C(F)(F)F)[n-]n1.CC(C)(C)c1cc(C(F)(F)F)[n-]n1.CC(C)(C)c1cc(C(F)(F)F)[n-]n1.CC(C)(C)c1cc(C(F)(F)F)[n-]n1.[Ag+].[Ag+].[Ag+].[Ag+].[Ag+].[Ag+]. The Morgan fingerprint density at radius 1 is 0.202 bits per heavy atom. The van der Waals surface area contributed by atoms with E-state index in [0.29, 0.717) is 34.2 Å². The largest absolute Gasteiger partial charge is 1.00 e. The van der Waals surface area contributed by atoms with Crippen LogP contribution in [0.25, 0.3) is 0 Å². The summed E-state index contributed by atoms with van der Waals surface area (Å²) in [7, 11) is 0. The van der Waals surface area contributed by atoms with Gasteiger partial charge in [0.1, 0.15) is 0 Å². The van der Waals surface area contributed by atoms with Gasteiger partial charge in [-0.05, 0) is 34.2 Å². The van der Waals surface area contributed by atoms with Crippen LogP contribution in [0.3, 0.4) is 0 Å². The average molecular weight is 1790 g/mol. The minimum atomic E-state index is -4.39. The number of nitrogens with zero attached hydrogens (tertiary/aromatic N) is 12. The molecule has 6 aromatic rings. The fourth-order valence-corrected chi connectivity index (χ4v) is 4.80. The Morgan fingerprint density at radius 3 is 0.321 bits per heavy atom. The van der Waals surface area contributed by atoms with E-state index in [1.807, 2.05) is 0 Å². The quantitative estimate of drug-likeness (QED) is 0.105. The Morgan fingerprint density at radius 2 is 0.286 bits per heavy atom. The topological polar surface area (TPSA) is 162 Å². The molecule has 6 rings (SSSR count). The zero-order chi connectivity index (χ0) is 61.7. The molecule has 36 heteroatoms. The van der Waals surface area contributed by atoms with Crippen LogP contribution in [0, 0.1) is 0 Å². The van der Waals surface area contributed by atoms with E-state index in [1.54, 1.807) is 125 Å². The van der Waals surface area contributed by atoms with Gasteiger partial charge in [0.2, 0.25) is 0 Å². The fourth-order valence-electron chi connectivity index (χ4n) is 4.80. The second kappa shape index (κ2) is 34.0. The molecular weight excluding hydrogens is 1730 g/mol. The molecule has 0 aliphatic heterocycles. The van der Waals surface area contributed by atoms with Crippen molar-refractivity contribution in [1.29, 1.82) is 0 Å². The van der Waals surface area contributed by atoms with Crippen molar-refractivity contribution in [1.82, 2.24) is 61.2 Å². The summed E-state index contributed by atoms with van der Waals surface area (Å²) < 4.78 is 218. The summed E-state index contributed by atoms with van der Waals surface area (Å²) in [6.45, 7) is 32.2. The summed E-state index contributed by atoms with van der Waals surface area (Å²) in [5, 5.41) is 39.4. The Labute approximate surface area is 568 Å². The van der Waals surface area contributed by atoms with Crippen molar-refractivity contribution in [3.05, 3.63) is 105 Å². The standard InChI is InChI=1S/6C8H10F3N2.6Ag/c6*1-7(2,3)5-4-6(13-12-5)8(9,10)11;;;;;;/h6*4H,1-3H3;;;;;;/q6*-1;6*+1. The molecule has 12 nitrogen and oxygen atoms in total. The van der Waals surface area contributed by atoms with Crippen LogP contribution >= 0.6 is 0 Å². The van der Waals surface area contributed by atoms with E-state index in [4.69, 9.17) is 0 Å². The third kappa shape index (κ3) is 32.8. The normalized spacial score (nSPS) is 12.4. The molecule has 0 aromatic carbocycles. The van der Waals surface area contributed by atoms with Gasteiger partial charge < -0.3 is 61.2 Å². The van der Waals surface area contributed by atoms with Crippen molar-refractivity contribution in [3.63, 3.8) is 0 Å². The van der Waals surface area contributed by atoms with E-state index in [9.17, 15) is 79.0 Å². The van der Waals surface area contributed by atoms with Gasteiger partial charge in [-0.3, -0.25) is 0 Å². The average Bonchev–Trinajstić information content (AvgIpc) is 4.06. The third-order valence-corrected chi connectivity index (χ3v) is 9.59. The van der Waals surface area contributed by atoms with Crippen LogP contribution < -0.4 is 30.6 Å². The molecule has 504 valence electrons. The summed E-state index contributed by atoms with van der Waals surface area (Å²) in [5.41, 5.74) is -5.70. The predicted octanol–water partition coefficient (Wildman–Crippen LogP) is 14.1. The van der Waals surface area contributed by atoms with Crippen LogP contribution in [-0.4, -0.2) is 30.6 Å². The van der Waals surface area contributed by atoms with Crippen molar-refractivity contribution in [2.75, 3.05) is 0 Å². The fraction of sp³-hybridized carbons (Fsp3) is 0.625. The van der Waals surface area contributed by atoms with Crippen molar-refractivity contribution >= 4 is 0 Å². The first-order valence-corrected chi connectivity index (χ1v) is 22.7. The molecule has 0 amide bonds. The van der Waals surface area contributed by atoms with Gasteiger partial charge in [-0.2, -0.15) is 79.0 Å². The second-order valence-corrected chi connectivity index (χ2v) is 23.2. The van der Waals surface area contributed by atoms with Crippen molar-refractivity contribution < 1.29 is 213 Å². The summed E-state index contributed by atoms with van der Waals surface area (Å²) in [6.07, 6.45) is -26.4. The van der Waals surface area contributed by atoms with Gasteiger partial charge in [0.25, 0.3) is 0 Å². The van der Waals surface area contributed by atoms with Crippen LogP contribution in [0.1, 0.15) is 193 Å². The molecule has 6 aromatic heterocycles. The summed E-state index contributed by atoms with van der Waals surface area (Å²) in [5.74, 6) is 0. The van der Waals surface area contributed by atoms with Gasteiger partial charge in [0.15, 0.2) is 0 Å². The van der Waals surface area contributed by atoms with E-state index in [1.165, 1.54) is 0 Å². The molecule has 0 spiro atoms. The zero-order valence-corrected chi connectivity index (χ0v) is 56.3. The number of halogens is 18. The molecule has 0 unspecified atom stereocenters. The molecule has 0 radical (unpaired) electrons. The molecule has 0 bridgehead atoms. The predicted molar refractivity (Wildman–Crippen MR) is 248 cm³/mol. The zero-order valence-electron chi connectivity index (χ0n) is 47.4. The number of alkyl halides is 18. The van der Waals surface area contributed by atoms with Crippen LogP contribution in [-0.2, 0) is 204 Å². The Kier molecular flexibility index (Phi) is 37.9. The molecular formula is C48H60Ag6F18N12. The first kappa shape index (κ1) is 93.6. The van der Waals surface area contributed by atoms with Crippen LogP contribution in [0.5, 0.6) is 0 Å². The van der Waals surface area contributed by atoms with Gasteiger partial charge in [-0.1, -0.05) is 161 Å². The van der Waals surface area contributed by atoms with Gasteiger partial charge in [0.05, 0.1) is 0 Å². The maximum absolute atomic E-state index is 12.1. The van der Waals surface area contributed by atoms with Gasteiger partial charge in [0, 0.05) is 66.7 Å². The van der Waals surface area contributed by atoms with Gasteiger partial charge >= 0.3 is 171 Å². The molecule has 0 fully saturated rings. The van der Waals surface area contributed by atoms with E-state index in [2.05, 4.69) is 61.2 Å². The third-order valence-electron chi connectivity index (χ3n) is 9.59. The molecule has 0 saturated carbocycles. The van der Waals surface area contributed by atoms with Gasteiger partial charge in [-0.25, -0.2) is 0 Å². The number of hydrogen-bond acceptors (Lipinski definition) is 6. The first-order valence-electron chi connectivity index (χ1n) is 22.7. The van der Waals surface area contributed by atoms with Crippen LogP contribution in [0.4, 0.5) is 79.0 Å². The van der Waals surface area contributed by atoms with E-state index in [-0.39, 0.29) is 134 Å². The second-order valence-electron chi connectivity index (χ2n) is 23.2. The van der Waals surface area contributed by atoms with E-state index >= 15 is 0 Å². The molecule has 0 aliphatic carbocycles. The number of aromatic nitrogens is 12. The molecule has 84 heavy (non-hydrogen) atoms. The minimum absolute atomic E-state index is 0. The number of hydrogen-bond donors (Lipinski definition) is 0. The van der Waals surface area contributed by atoms with E-state index in [0.717, 1.165) is 36.4 Å². The van der Waals surface area contributed by atoms with Crippen molar-refractivity contribution in [2.45, 2.75) is 194 Å². The number of rotatable bonds is 0. The maximum atomic E-state index is 12.1. The smallest absolute Gasteiger partial charge is 0.571 e. The summed E-state index contributed by atoms with van der Waals surface area (Å²) >= 11 is 0. The summed E-state index contributed by atoms with van der Waals surface area (Å²) in [6, 6.07) is 5.92. The molecule has 0 saturated heterocycles. The monoisotopic (exact) mass is 1790 g/mol. The molecule has 0 aliphatic rings. The first-order chi connectivity index (χ1) is 34.3.